The lowest BCUT2D eigenvalue weighted by molar-refractivity contribution is 0.102. The Bertz CT molecular complexity index is 2290. The lowest BCUT2D eigenvalue weighted by Gasteiger charge is -2.40. The number of aromatic amines is 1. The molecule has 1 atom stereocenters. The molecule has 3 N–H and O–H groups in total. The third kappa shape index (κ3) is 5.50. The van der Waals surface area contributed by atoms with Crippen molar-refractivity contribution in [3.05, 3.63) is 118 Å². The fraction of sp³-hybridized carbons (Fsp3) is 0.231. The van der Waals surface area contributed by atoms with E-state index in [1.54, 1.807) is 6.20 Å². The summed E-state index contributed by atoms with van der Waals surface area (Å²) in [5, 5.41) is 8.30. The van der Waals surface area contributed by atoms with Gasteiger partial charge in [0.25, 0.3) is 5.91 Å². The van der Waals surface area contributed by atoms with Gasteiger partial charge in [-0.15, -0.1) is 0 Å². The molecule has 0 unspecified atom stereocenters. The average molecular weight is 718 g/mol. The molecule has 3 aromatic heterocycles. The van der Waals surface area contributed by atoms with Gasteiger partial charge in [-0.25, -0.2) is 14.8 Å². The molecular formula is C39H34Cl2N8O2. The summed E-state index contributed by atoms with van der Waals surface area (Å²) in [6.45, 7) is 2.96. The van der Waals surface area contributed by atoms with Gasteiger partial charge in [0.1, 0.15) is 5.69 Å². The Morgan fingerprint density at radius 1 is 0.902 bits per heavy atom. The van der Waals surface area contributed by atoms with E-state index in [0.717, 1.165) is 90.0 Å². The van der Waals surface area contributed by atoms with Crippen LogP contribution in [0.15, 0.2) is 91.4 Å². The van der Waals surface area contributed by atoms with Crippen molar-refractivity contribution in [1.82, 2.24) is 29.7 Å². The second-order valence-electron chi connectivity index (χ2n) is 13.3. The summed E-state index contributed by atoms with van der Waals surface area (Å²) in [5.74, 6) is 0.410. The van der Waals surface area contributed by atoms with Crippen molar-refractivity contribution >= 4 is 57.5 Å². The van der Waals surface area contributed by atoms with Crippen LogP contribution in [0.2, 0.25) is 10.0 Å². The van der Waals surface area contributed by atoms with Crippen molar-refractivity contribution in [2.24, 2.45) is 0 Å². The van der Waals surface area contributed by atoms with E-state index in [2.05, 4.69) is 25.1 Å². The van der Waals surface area contributed by atoms with Crippen LogP contribution in [0, 0.1) is 0 Å². The van der Waals surface area contributed by atoms with Crippen LogP contribution in [0.4, 0.5) is 16.3 Å². The quantitative estimate of drug-likeness (QED) is 0.162. The molecule has 3 aromatic carbocycles. The zero-order valence-corrected chi connectivity index (χ0v) is 29.1. The number of halogens is 2. The highest BCUT2D eigenvalue weighted by molar-refractivity contribution is 6.32. The number of benzene rings is 3. The number of nitrogens with one attached hydrogen (secondary N) is 3. The van der Waals surface area contributed by atoms with Crippen LogP contribution in [-0.4, -0.2) is 68.6 Å². The summed E-state index contributed by atoms with van der Waals surface area (Å²) in [4.78, 5) is 44.4. The Morgan fingerprint density at radius 3 is 2.49 bits per heavy atom. The van der Waals surface area contributed by atoms with Crippen LogP contribution >= 0.6 is 23.2 Å². The minimum Gasteiger partial charge on any atom is -0.355 e. The summed E-state index contributed by atoms with van der Waals surface area (Å²) >= 11 is 13.1. The number of aromatic nitrogens is 4. The minimum atomic E-state index is -0.297. The molecule has 10 nitrogen and oxygen atoms in total. The molecule has 0 bridgehead atoms. The first-order valence-corrected chi connectivity index (χ1v) is 18.0. The van der Waals surface area contributed by atoms with Crippen molar-refractivity contribution in [3.8, 4) is 22.5 Å². The first-order chi connectivity index (χ1) is 24.9. The predicted molar refractivity (Wildman–Crippen MR) is 201 cm³/mol. The van der Waals surface area contributed by atoms with E-state index in [9.17, 15) is 9.59 Å². The Hall–Kier alpha value is -5.32. The van der Waals surface area contributed by atoms with E-state index in [4.69, 9.17) is 33.2 Å². The maximum Gasteiger partial charge on any atom is 0.317 e. The lowest BCUT2D eigenvalue weighted by atomic mass is 9.88. The molecule has 0 saturated carbocycles. The van der Waals surface area contributed by atoms with Crippen LogP contribution in [0.5, 0.6) is 0 Å². The molecule has 3 aliphatic rings. The maximum atomic E-state index is 14.6. The number of urea groups is 1. The monoisotopic (exact) mass is 716 g/mol. The number of H-pyrrole nitrogens is 1. The van der Waals surface area contributed by atoms with Gasteiger partial charge in [0.15, 0.2) is 5.82 Å². The fourth-order valence-corrected chi connectivity index (χ4v) is 8.37. The van der Waals surface area contributed by atoms with Crippen molar-refractivity contribution < 1.29 is 9.59 Å². The number of hydrogen-bond acceptors (Lipinski definition) is 5. The lowest BCUT2D eigenvalue weighted by Crippen LogP contribution is -2.54. The molecule has 51 heavy (non-hydrogen) atoms. The van der Waals surface area contributed by atoms with E-state index in [0.29, 0.717) is 27.2 Å². The summed E-state index contributed by atoms with van der Waals surface area (Å²) < 4.78 is 2.13. The second kappa shape index (κ2) is 12.8. The van der Waals surface area contributed by atoms with Gasteiger partial charge >= 0.3 is 6.03 Å². The van der Waals surface area contributed by atoms with Crippen molar-refractivity contribution in [2.75, 3.05) is 36.4 Å². The number of hydrogen-bond donors (Lipinski definition) is 3. The molecule has 6 aromatic rings. The molecular weight excluding hydrogens is 683 g/mol. The van der Waals surface area contributed by atoms with Crippen molar-refractivity contribution in [1.29, 1.82) is 0 Å². The number of amides is 3. The van der Waals surface area contributed by atoms with Gasteiger partial charge in [-0.2, -0.15) is 0 Å². The van der Waals surface area contributed by atoms with Crippen LogP contribution in [0.1, 0.15) is 46.9 Å². The highest BCUT2D eigenvalue weighted by Crippen LogP contribution is 2.50. The zero-order chi connectivity index (χ0) is 34.6. The third-order valence-electron chi connectivity index (χ3n) is 10.3. The van der Waals surface area contributed by atoms with Gasteiger partial charge in [-0.3, -0.25) is 4.79 Å². The van der Waals surface area contributed by atoms with Crippen LogP contribution < -0.4 is 15.5 Å². The molecule has 0 aliphatic carbocycles. The fourth-order valence-electron chi connectivity index (χ4n) is 8.01. The van der Waals surface area contributed by atoms with Crippen LogP contribution in [0.25, 0.3) is 33.4 Å². The molecule has 2 saturated heterocycles. The first kappa shape index (κ1) is 31.6. The summed E-state index contributed by atoms with van der Waals surface area (Å²) in [5.41, 5.74) is 7.09. The standard InChI is InChI=1S/C39H34Cl2N8O2/c40-25-11-9-24(10-12-25)35-28-20-26(41)21-30-31(28)32(36-33(44-22-49(35)36)23-6-2-1-3-7-23)34(45-30)38(50)46-29-8-4-15-42-37(29)47-18-13-27(14-19-47)48-17-5-16-43-39(48)51/h1-4,6-12,15,20-22,27,35,45H,5,13-14,16-19H2,(H,43,51)(H,46,50)/t35-/m1/s1. The van der Waals surface area contributed by atoms with E-state index in [1.807, 2.05) is 90.1 Å². The number of imidazole rings is 1. The van der Waals surface area contributed by atoms with E-state index in [-0.39, 0.29) is 24.0 Å². The highest BCUT2D eigenvalue weighted by atomic mass is 35.5. The van der Waals surface area contributed by atoms with E-state index >= 15 is 0 Å². The smallest absolute Gasteiger partial charge is 0.317 e. The van der Waals surface area contributed by atoms with Gasteiger partial charge in [0.2, 0.25) is 0 Å². The van der Waals surface area contributed by atoms with Crippen LogP contribution in [0.3, 0.4) is 0 Å². The number of pyridine rings is 1. The van der Waals surface area contributed by atoms with Gasteiger partial charge in [-0.05, 0) is 66.8 Å². The Balaban J connectivity index is 1.11. The number of anilines is 2. The predicted octanol–water partition coefficient (Wildman–Crippen LogP) is 7.99. The number of fused-ring (bicyclic) bond motifs is 2. The normalized spacial score (nSPS) is 17.4. The Kier molecular flexibility index (Phi) is 7.93. The highest BCUT2D eigenvalue weighted by Gasteiger charge is 2.36. The number of carbonyl (C=O) groups excluding carboxylic acids is 2. The molecule has 12 heteroatoms. The molecule has 256 valence electrons. The number of nitrogens with zero attached hydrogens (tertiary/aromatic N) is 5. The van der Waals surface area contributed by atoms with Crippen molar-refractivity contribution in [3.63, 3.8) is 0 Å². The SMILES string of the molecule is O=C(Nc1cccnc1N1CCC(N2CCCNC2=O)CC1)c1[nH]c2cc(Cl)cc3c2c1-c1c(-c2ccccc2)ncn1[C@@H]3c1ccc(Cl)cc1. The van der Waals surface area contributed by atoms with Gasteiger partial charge in [-0.1, -0.05) is 65.7 Å². The number of carbonyl (C=O) groups is 2. The van der Waals surface area contributed by atoms with E-state index < -0.39 is 0 Å². The first-order valence-electron chi connectivity index (χ1n) is 17.2. The molecule has 0 spiro atoms. The summed E-state index contributed by atoms with van der Waals surface area (Å²) in [6, 6.07) is 25.3. The third-order valence-corrected chi connectivity index (χ3v) is 10.8. The Morgan fingerprint density at radius 2 is 1.71 bits per heavy atom. The van der Waals surface area contributed by atoms with Gasteiger partial charge in [0.05, 0.1) is 29.4 Å². The topological polar surface area (TPSA) is 111 Å². The zero-order valence-electron chi connectivity index (χ0n) is 27.6. The van der Waals surface area contributed by atoms with Gasteiger partial charge < -0.3 is 30.0 Å². The molecule has 9 rings (SSSR count). The number of rotatable bonds is 6. The molecule has 3 amide bonds. The molecule has 3 aliphatic heterocycles. The number of piperidine rings is 1. The maximum absolute atomic E-state index is 14.6. The molecule has 6 heterocycles. The van der Waals surface area contributed by atoms with Crippen LogP contribution in [-0.2, 0) is 0 Å². The summed E-state index contributed by atoms with van der Waals surface area (Å²) in [7, 11) is 0. The van der Waals surface area contributed by atoms with E-state index in [1.165, 1.54) is 0 Å². The van der Waals surface area contributed by atoms with Crippen molar-refractivity contribution in [2.45, 2.75) is 31.3 Å². The average Bonchev–Trinajstić information content (AvgIpc) is 3.76. The van der Waals surface area contributed by atoms with Gasteiger partial charge in [0, 0.05) is 70.5 Å². The molecule has 2 fully saturated rings. The Labute approximate surface area is 304 Å². The second-order valence-corrected chi connectivity index (χ2v) is 14.2. The largest absolute Gasteiger partial charge is 0.355 e. The summed E-state index contributed by atoms with van der Waals surface area (Å²) in [6.07, 6.45) is 6.21. The molecule has 0 radical (unpaired) electrons. The minimum absolute atomic E-state index is 0.0217.